The maximum Gasteiger partial charge on any atom is 0.107 e. The quantitative estimate of drug-likeness (QED) is 0.851. The van der Waals surface area contributed by atoms with Crippen LogP contribution in [0.25, 0.3) is 0 Å². The number of ether oxygens (including phenoxy) is 2. The summed E-state index contributed by atoms with van der Waals surface area (Å²) in [4.78, 5) is 10.9. The van der Waals surface area contributed by atoms with E-state index < -0.39 is 0 Å². The fourth-order valence-corrected chi connectivity index (χ4v) is 4.26. The van der Waals surface area contributed by atoms with Crippen LogP contribution in [0.5, 0.6) is 0 Å². The van der Waals surface area contributed by atoms with Gasteiger partial charge < -0.3 is 14.0 Å². The molecular weight excluding hydrogens is 312 g/mol. The van der Waals surface area contributed by atoms with Crippen LogP contribution in [0.2, 0.25) is 0 Å². The molecule has 4 heterocycles. The molecule has 2 saturated heterocycles. The molecule has 124 valence electrons. The first-order valence-electron chi connectivity index (χ1n) is 8.10. The third-order valence-electron chi connectivity index (χ3n) is 4.59. The first-order chi connectivity index (χ1) is 11.3. The highest BCUT2D eigenvalue weighted by atomic mass is 32.1. The van der Waals surface area contributed by atoms with E-state index in [1.54, 1.807) is 11.3 Å². The van der Waals surface area contributed by atoms with Crippen LogP contribution in [-0.4, -0.2) is 57.9 Å². The summed E-state index contributed by atoms with van der Waals surface area (Å²) in [7, 11) is 0. The lowest BCUT2D eigenvalue weighted by molar-refractivity contribution is -0.0563. The first kappa shape index (κ1) is 15.3. The average Bonchev–Trinajstić information content (AvgIpc) is 3.25. The third-order valence-corrected chi connectivity index (χ3v) is 5.35. The number of imidazole rings is 1. The van der Waals surface area contributed by atoms with Gasteiger partial charge in [-0.1, -0.05) is 0 Å². The van der Waals surface area contributed by atoms with Gasteiger partial charge in [-0.15, -0.1) is 11.3 Å². The van der Waals surface area contributed by atoms with Crippen molar-refractivity contribution in [2.45, 2.75) is 25.1 Å². The summed E-state index contributed by atoms with van der Waals surface area (Å²) < 4.78 is 14.3. The molecule has 2 aromatic rings. The van der Waals surface area contributed by atoms with Gasteiger partial charge in [0.25, 0.3) is 0 Å². The van der Waals surface area contributed by atoms with Crippen LogP contribution >= 0.6 is 11.3 Å². The van der Waals surface area contributed by atoms with Gasteiger partial charge in [0.05, 0.1) is 32.7 Å². The summed E-state index contributed by atoms with van der Waals surface area (Å²) in [6.45, 7) is 5.98. The van der Waals surface area contributed by atoms with Gasteiger partial charge in [0.15, 0.2) is 0 Å². The molecule has 2 aliphatic heterocycles. The molecule has 7 heteroatoms. The topological polar surface area (TPSA) is 52.4 Å². The maximum atomic E-state index is 6.25. The molecule has 0 radical (unpaired) electrons. The predicted molar refractivity (Wildman–Crippen MR) is 87.2 cm³/mol. The summed E-state index contributed by atoms with van der Waals surface area (Å²) in [5.41, 5.74) is -0.168. The van der Waals surface area contributed by atoms with Gasteiger partial charge in [0.1, 0.15) is 10.6 Å². The predicted octanol–water partition coefficient (Wildman–Crippen LogP) is 1.65. The van der Waals surface area contributed by atoms with Crippen molar-refractivity contribution in [3.05, 3.63) is 35.3 Å². The Balaban J connectivity index is 1.40. The van der Waals surface area contributed by atoms with Crippen molar-refractivity contribution in [3.8, 4) is 0 Å². The smallest absolute Gasteiger partial charge is 0.107 e. The van der Waals surface area contributed by atoms with Crippen LogP contribution < -0.4 is 0 Å². The monoisotopic (exact) mass is 334 g/mol. The molecule has 2 aromatic heterocycles. The molecule has 0 N–H and O–H groups in total. The fraction of sp³-hybridized carbons (Fsp3) is 0.625. The highest BCUT2D eigenvalue weighted by Crippen LogP contribution is 2.34. The number of nitrogens with zero attached hydrogens (tertiary/aromatic N) is 4. The van der Waals surface area contributed by atoms with Crippen LogP contribution in [-0.2, 0) is 22.6 Å². The molecule has 0 bridgehead atoms. The van der Waals surface area contributed by atoms with E-state index in [2.05, 4.69) is 19.4 Å². The van der Waals surface area contributed by atoms with Crippen LogP contribution in [0.1, 0.15) is 11.4 Å². The SMILES string of the molecule is c1cn(C[C@@H]2CO[C@@]3(COCCN(Cc4nccs4)C3)C2)cn1. The van der Waals surface area contributed by atoms with Crippen molar-refractivity contribution in [3.63, 3.8) is 0 Å². The van der Waals surface area contributed by atoms with E-state index in [0.717, 1.165) is 50.8 Å². The third kappa shape index (κ3) is 3.63. The van der Waals surface area contributed by atoms with E-state index in [1.807, 2.05) is 30.3 Å². The standard InChI is InChI=1S/C16H22N4O2S/c1-3-20(13-17-1)8-14-7-16(22-10-14)11-19(4-5-21-12-16)9-15-18-2-6-23-15/h1-3,6,13-14H,4-5,7-12H2/t14-,16+/m1/s1. The van der Waals surface area contributed by atoms with Gasteiger partial charge in [-0.2, -0.15) is 0 Å². The second-order valence-electron chi connectivity index (χ2n) is 6.51. The Morgan fingerprint density at radius 3 is 3.22 bits per heavy atom. The zero-order valence-electron chi connectivity index (χ0n) is 13.1. The Morgan fingerprint density at radius 2 is 2.39 bits per heavy atom. The molecule has 6 nitrogen and oxygen atoms in total. The molecule has 2 atom stereocenters. The van der Waals surface area contributed by atoms with Gasteiger partial charge in [-0.25, -0.2) is 9.97 Å². The Hall–Kier alpha value is -1.28. The van der Waals surface area contributed by atoms with Gasteiger partial charge >= 0.3 is 0 Å². The zero-order chi connectivity index (χ0) is 15.5. The Labute approximate surface area is 140 Å². The highest BCUT2D eigenvalue weighted by Gasteiger charge is 2.43. The van der Waals surface area contributed by atoms with Crippen molar-refractivity contribution in [2.24, 2.45) is 5.92 Å². The summed E-state index contributed by atoms with van der Waals surface area (Å²) in [6, 6.07) is 0. The molecule has 0 saturated carbocycles. The minimum atomic E-state index is -0.168. The molecule has 0 aromatic carbocycles. The van der Waals surface area contributed by atoms with E-state index in [1.165, 1.54) is 0 Å². The first-order valence-corrected chi connectivity index (χ1v) is 8.97. The van der Waals surface area contributed by atoms with E-state index in [0.29, 0.717) is 12.5 Å². The molecule has 4 rings (SSSR count). The van der Waals surface area contributed by atoms with Crippen LogP contribution in [0, 0.1) is 5.92 Å². The largest absolute Gasteiger partial charge is 0.377 e. The van der Waals surface area contributed by atoms with Crippen molar-refractivity contribution in [2.75, 3.05) is 32.9 Å². The minimum absolute atomic E-state index is 0.168. The molecule has 2 fully saturated rings. The highest BCUT2D eigenvalue weighted by molar-refractivity contribution is 7.09. The molecule has 0 aliphatic carbocycles. The van der Waals surface area contributed by atoms with Gasteiger partial charge in [0.2, 0.25) is 0 Å². The van der Waals surface area contributed by atoms with Crippen molar-refractivity contribution in [1.82, 2.24) is 19.4 Å². The maximum absolute atomic E-state index is 6.25. The number of hydrogen-bond donors (Lipinski definition) is 0. The number of rotatable bonds is 4. The number of thiazole rings is 1. The molecule has 0 amide bonds. The fourth-order valence-electron chi connectivity index (χ4n) is 3.60. The zero-order valence-corrected chi connectivity index (χ0v) is 14.0. The average molecular weight is 334 g/mol. The Bertz CT molecular complexity index is 604. The molecule has 2 aliphatic rings. The second kappa shape index (κ2) is 6.68. The normalized spacial score (nSPS) is 29.1. The van der Waals surface area contributed by atoms with Crippen molar-refractivity contribution in [1.29, 1.82) is 0 Å². The number of hydrogen-bond acceptors (Lipinski definition) is 6. The number of aromatic nitrogens is 3. The summed E-state index contributed by atoms with van der Waals surface area (Å²) in [6.07, 6.45) is 8.64. The van der Waals surface area contributed by atoms with Gasteiger partial charge in [-0.3, -0.25) is 4.90 Å². The minimum Gasteiger partial charge on any atom is -0.377 e. The Morgan fingerprint density at radius 1 is 1.39 bits per heavy atom. The molecular formula is C16H22N4O2S. The summed E-state index contributed by atoms with van der Waals surface area (Å²) in [5, 5.41) is 3.20. The second-order valence-corrected chi connectivity index (χ2v) is 7.49. The van der Waals surface area contributed by atoms with Crippen molar-refractivity contribution < 1.29 is 9.47 Å². The van der Waals surface area contributed by atoms with Crippen LogP contribution in [0.4, 0.5) is 0 Å². The van der Waals surface area contributed by atoms with Crippen molar-refractivity contribution >= 4 is 11.3 Å². The lowest BCUT2D eigenvalue weighted by Crippen LogP contribution is -2.43. The van der Waals surface area contributed by atoms with E-state index >= 15 is 0 Å². The molecule has 0 unspecified atom stereocenters. The molecule has 23 heavy (non-hydrogen) atoms. The Kier molecular flexibility index (Phi) is 4.43. The lowest BCUT2D eigenvalue weighted by atomic mass is 9.94. The lowest BCUT2D eigenvalue weighted by Gasteiger charge is -2.30. The summed E-state index contributed by atoms with van der Waals surface area (Å²) in [5.74, 6) is 0.521. The van der Waals surface area contributed by atoms with E-state index in [4.69, 9.17) is 9.47 Å². The van der Waals surface area contributed by atoms with Crippen LogP contribution in [0.3, 0.4) is 0 Å². The molecule has 1 spiro atoms. The van der Waals surface area contributed by atoms with E-state index in [-0.39, 0.29) is 5.60 Å². The van der Waals surface area contributed by atoms with Crippen LogP contribution in [0.15, 0.2) is 30.3 Å². The van der Waals surface area contributed by atoms with E-state index in [9.17, 15) is 0 Å². The summed E-state index contributed by atoms with van der Waals surface area (Å²) >= 11 is 1.71. The van der Waals surface area contributed by atoms with Gasteiger partial charge in [-0.05, 0) is 6.42 Å². The van der Waals surface area contributed by atoms with Gasteiger partial charge in [0, 0.05) is 49.5 Å².